The Labute approximate surface area is 90.8 Å². The Morgan fingerprint density at radius 2 is 1.85 bits per heavy atom. The Bertz CT molecular complexity index is 310. The van der Waals surface area contributed by atoms with E-state index in [4.69, 9.17) is 17.3 Å². The summed E-state index contributed by atoms with van der Waals surface area (Å²) in [6, 6.07) is 0. The van der Waals surface area contributed by atoms with Crippen molar-refractivity contribution in [2.45, 2.75) is 26.2 Å². The van der Waals surface area contributed by atoms with Gasteiger partial charge in [-0.25, -0.2) is 9.97 Å². The van der Waals surface area contributed by atoms with Crippen molar-refractivity contribution >= 4 is 33.3 Å². The molecule has 1 heterocycles. The molecule has 2 N–H and O–H groups in total. The van der Waals surface area contributed by atoms with Gasteiger partial charge in [-0.15, -0.1) is 0 Å². The molecular weight excluding hydrogens is 253 g/mol. The molecule has 0 aliphatic heterocycles. The van der Waals surface area contributed by atoms with E-state index in [1.54, 1.807) is 0 Å². The number of hydrogen-bond donors (Lipinski definition) is 1. The van der Waals surface area contributed by atoms with Crippen molar-refractivity contribution in [3.05, 3.63) is 15.5 Å². The molecule has 0 spiro atoms. The molecule has 0 saturated carbocycles. The second-order valence-corrected chi connectivity index (χ2v) is 4.94. The maximum atomic E-state index is 5.85. The van der Waals surface area contributed by atoms with Crippen molar-refractivity contribution in [2.75, 3.05) is 5.73 Å². The van der Waals surface area contributed by atoms with Crippen LogP contribution in [0, 0.1) is 0 Å². The van der Waals surface area contributed by atoms with Gasteiger partial charge in [-0.3, -0.25) is 0 Å². The number of nitrogen functional groups attached to an aromatic ring is 1. The van der Waals surface area contributed by atoms with Crippen molar-refractivity contribution in [3.8, 4) is 0 Å². The molecule has 0 aliphatic carbocycles. The van der Waals surface area contributed by atoms with Gasteiger partial charge in [0.2, 0.25) is 0 Å². The Hall–Kier alpha value is -0.350. The fourth-order valence-electron chi connectivity index (χ4n) is 0.771. The van der Waals surface area contributed by atoms with E-state index in [9.17, 15) is 0 Å². The summed E-state index contributed by atoms with van der Waals surface area (Å²) in [6.07, 6.45) is 0. The summed E-state index contributed by atoms with van der Waals surface area (Å²) in [5.74, 6) is 1.03. The quantitative estimate of drug-likeness (QED) is 0.733. The number of rotatable bonds is 0. The predicted molar refractivity (Wildman–Crippen MR) is 57.9 cm³/mol. The third-order valence-corrected chi connectivity index (χ3v) is 2.79. The average molecular weight is 265 g/mol. The average Bonchev–Trinajstić information content (AvgIpc) is 1.97. The fraction of sp³-hybridized carbons (Fsp3) is 0.500. The van der Waals surface area contributed by atoms with Crippen LogP contribution in [0.1, 0.15) is 26.6 Å². The van der Waals surface area contributed by atoms with E-state index in [-0.39, 0.29) is 5.41 Å². The van der Waals surface area contributed by atoms with Crippen LogP contribution in [0.5, 0.6) is 0 Å². The lowest BCUT2D eigenvalue weighted by atomic mass is 9.96. The van der Waals surface area contributed by atoms with Crippen molar-refractivity contribution in [1.29, 1.82) is 0 Å². The van der Waals surface area contributed by atoms with Crippen molar-refractivity contribution in [3.63, 3.8) is 0 Å². The summed E-state index contributed by atoms with van der Waals surface area (Å²) < 4.78 is 0.558. The first-order valence-electron chi connectivity index (χ1n) is 3.81. The van der Waals surface area contributed by atoms with Gasteiger partial charge in [-0.05, 0) is 15.9 Å². The van der Waals surface area contributed by atoms with Crippen LogP contribution in [0.2, 0.25) is 5.15 Å². The summed E-state index contributed by atoms with van der Waals surface area (Å²) >= 11 is 9.05. The van der Waals surface area contributed by atoms with Crippen molar-refractivity contribution in [1.82, 2.24) is 9.97 Å². The molecule has 0 amide bonds. The summed E-state index contributed by atoms with van der Waals surface area (Å²) in [4.78, 5) is 8.27. The highest BCUT2D eigenvalue weighted by Gasteiger charge is 2.19. The van der Waals surface area contributed by atoms with Crippen LogP contribution in [-0.4, -0.2) is 9.97 Å². The molecule has 0 fully saturated rings. The molecule has 0 aliphatic rings. The SMILES string of the molecule is CC(C)(C)c1nc(N)c(Br)c(Cl)n1. The Morgan fingerprint density at radius 3 is 2.23 bits per heavy atom. The van der Waals surface area contributed by atoms with E-state index in [1.807, 2.05) is 20.8 Å². The van der Waals surface area contributed by atoms with Gasteiger partial charge in [-0.1, -0.05) is 32.4 Å². The Kier molecular flexibility index (Phi) is 2.82. The number of hydrogen-bond acceptors (Lipinski definition) is 3. The van der Waals surface area contributed by atoms with E-state index in [1.165, 1.54) is 0 Å². The topological polar surface area (TPSA) is 51.8 Å². The van der Waals surface area contributed by atoms with Gasteiger partial charge < -0.3 is 5.73 Å². The minimum atomic E-state index is -0.140. The lowest BCUT2D eigenvalue weighted by Crippen LogP contribution is -2.17. The Balaban J connectivity index is 3.29. The fourth-order valence-corrected chi connectivity index (χ4v) is 1.13. The lowest BCUT2D eigenvalue weighted by molar-refractivity contribution is 0.546. The molecule has 5 heteroatoms. The molecule has 0 radical (unpaired) electrons. The van der Waals surface area contributed by atoms with Gasteiger partial charge in [-0.2, -0.15) is 0 Å². The van der Waals surface area contributed by atoms with Gasteiger partial charge in [0.15, 0.2) is 0 Å². The van der Waals surface area contributed by atoms with Crippen LogP contribution in [0.3, 0.4) is 0 Å². The largest absolute Gasteiger partial charge is 0.383 e. The molecule has 1 aromatic heterocycles. The zero-order valence-corrected chi connectivity index (χ0v) is 10.1. The smallest absolute Gasteiger partial charge is 0.149 e. The molecule has 13 heavy (non-hydrogen) atoms. The second-order valence-electron chi connectivity index (χ2n) is 3.79. The standard InChI is InChI=1S/C8H11BrClN3/c1-8(2,3)7-12-5(10)4(9)6(11)13-7/h1-3H3,(H2,11,12,13). The highest BCUT2D eigenvalue weighted by molar-refractivity contribution is 9.10. The van der Waals surface area contributed by atoms with E-state index in [0.717, 1.165) is 0 Å². The third-order valence-electron chi connectivity index (χ3n) is 1.51. The van der Waals surface area contributed by atoms with E-state index in [0.29, 0.717) is 21.3 Å². The molecule has 0 bridgehead atoms. The summed E-state index contributed by atoms with van der Waals surface area (Å²) in [5.41, 5.74) is 5.50. The molecule has 1 rings (SSSR count). The lowest BCUT2D eigenvalue weighted by Gasteiger charge is -2.17. The van der Waals surface area contributed by atoms with Crippen LogP contribution < -0.4 is 5.73 Å². The first-order valence-corrected chi connectivity index (χ1v) is 4.98. The van der Waals surface area contributed by atoms with Crippen LogP contribution >= 0.6 is 27.5 Å². The summed E-state index contributed by atoms with van der Waals surface area (Å²) in [5, 5.41) is 0.359. The first-order chi connectivity index (χ1) is 5.82. The number of aromatic nitrogens is 2. The van der Waals surface area contributed by atoms with Crippen LogP contribution in [-0.2, 0) is 5.41 Å². The number of nitrogens with two attached hydrogens (primary N) is 1. The minimum absolute atomic E-state index is 0.140. The minimum Gasteiger partial charge on any atom is -0.383 e. The molecule has 72 valence electrons. The zero-order valence-electron chi connectivity index (χ0n) is 7.73. The molecule has 0 unspecified atom stereocenters. The van der Waals surface area contributed by atoms with E-state index >= 15 is 0 Å². The zero-order chi connectivity index (χ0) is 10.2. The van der Waals surface area contributed by atoms with E-state index in [2.05, 4.69) is 25.9 Å². The van der Waals surface area contributed by atoms with Crippen LogP contribution in [0.4, 0.5) is 5.82 Å². The molecule has 1 aromatic rings. The van der Waals surface area contributed by atoms with Gasteiger partial charge >= 0.3 is 0 Å². The van der Waals surface area contributed by atoms with Gasteiger partial charge in [0, 0.05) is 5.41 Å². The summed E-state index contributed by atoms with van der Waals surface area (Å²) in [6.45, 7) is 6.02. The van der Waals surface area contributed by atoms with Gasteiger partial charge in [0.25, 0.3) is 0 Å². The normalized spacial score (nSPS) is 11.8. The van der Waals surface area contributed by atoms with Crippen molar-refractivity contribution < 1.29 is 0 Å². The molecule has 0 saturated heterocycles. The Morgan fingerprint density at radius 1 is 1.31 bits per heavy atom. The molecule has 0 aromatic carbocycles. The van der Waals surface area contributed by atoms with Gasteiger partial charge in [0.05, 0.1) is 4.47 Å². The number of halogens is 2. The highest BCUT2D eigenvalue weighted by Crippen LogP contribution is 2.28. The molecule has 0 atom stereocenters. The van der Waals surface area contributed by atoms with Gasteiger partial charge in [0.1, 0.15) is 16.8 Å². The highest BCUT2D eigenvalue weighted by atomic mass is 79.9. The molecular formula is C8H11BrClN3. The van der Waals surface area contributed by atoms with Crippen LogP contribution in [0.15, 0.2) is 4.47 Å². The number of nitrogens with zero attached hydrogens (tertiary/aromatic N) is 2. The number of anilines is 1. The maximum Gasteiger partial charge on any atom is 0.149 e. The second kappa shape index (κ2) is 3.42. The van der Waals surface area contributed by atoms with E-state index < -0.39 is 0 Å². The summed E-state index contributed by atoms with van der Waals surface area (Å²) in [7, 11) is 0. The van der Waals surface area contributed by atoms with Crippen LogP contribution in [0.25, 0.3) is 0 Å². The third kappa shape index (κ3) is 2.31. The molecule has 3 nitrogen and oxygen atoms in total. The van der Waals surface area contributed by atoms with Crippen molar-refractivity contribution in [2.24, 2.45) is 0 Å². The predicted octanol–water partition coefficient (Wildman–Crippen LogP) is 2.77. The maximum absolute atomic E-state index is 5.85. The first kappa shape index (κ1) is 10.7. The monoisotopic (exact) mass is 263 g/mol.